The summed E-state index contributed by atoms with van der Waals surface area (Å²) in [5, 5.41) is 2.92. The number of hydrogen-bond donors (Lipinski definition) is 1. The van der Waals surface area contributed by atoms with Gasteiger partial charge in [0.2, 0.25) is 11.8 Å². The van der Waals surface area contributed by atoms with E-state index in [2.05, 4.69) is 5.32 Å². The van der Waals surface area contributed by atoms with Crippen molar-refractivity contribution in [3.05, 3.63) is 46.4 Å². The van der Waals surface area contributed by atoms with Crippen LogP contribution in [0.3, 0.4) is 0 Å². The topological polar surface area (TPSA) is 76.3 Å². The molecular weight excluding hydrogens is 428 g/mol. The fourth-order valence-corrected chi connectivity index (χ4v) is 7.88. The molecule has 4 aliphatic carbocycles. The van der Waals surface area contributed by atoms with Crippen LogP contribution in [0.25, 0.3) is 5.69 Å². The van der Waals surface area contributed by atoms with Crippen LogP contribution >= 0.6 is 0 Å². The molecule has 1 aromatic heterocycles. The van der Waals surface area contributed by atoms with Crippen molar-refractivity contribution in [3.8, 4) is 5.69 Å². The highest BCUT2D eigenvalue weighted by atomic mass is 16.2. The van der Waals surface area contributed by atoms with Gasteiger partial charge in [-0.25, -0.2) is 4.68 Å². The monoisotopic (exact) mass is 462 g/mol. The summed E-state index contributed by atoms with van der Waals surface area (Å²) in [6.45, 7) is 2.48. The number of amides is 2. The number of nitrogens with one attached hydrogen (secondary N) is 1. The quantitative estimate of drug-likeness (QED) is 0.754. The smallest absolute Gasteiger partial charge is 0.295 e. The minimum absolute atomic E-state index is 0.204. The molecule has 4 saturated carbocycles. The Hall–Kier alpha value is -2.83. The number of hydrogen-bond acceptors (Lipinski definition) is 3. The zero-order chi connectivity index (χ0) is 23.6. The summed E-state index contributed by atoms with van der Waals surface area (Å²) in [7, 11) is 1.82. The molecule has 2 aromatic rings. The second-order valence-corrected chi connectivity index (χ2v) is 11.3. The molecule has 7 rings (SSSR count). The lowest BCUT2D eigenvalue weighted by atomic mass is 9.49. The number of para-hydroxylation sites is 1. The van der Waals surface area contributed by atoms with E-state index < -0.39 is 6.04 Å². The molecule has 0 radical (unpaired) electrons. The number of anilines is 1. The van der Waals surface area contributed by atoms with Crippen LogP contribution in [0.1, 0.15) is 57.1 Å². The van der Waals surface area contributed by atoms with Gasteiger partial charge in [0.25, 0.3) is 5.56 Å². The zero-order valence-electron chi connectivity index (χ0n) is 20.1. The summed E-state index contributed by atoms with van der Waals surface area (Å²) >= 11 is 0. The first-order chi connectivity index (χ1) is 16.4. The van der Waals surface area contributed by atoms with E-state index in [1.807, 2.05) is 49.2 Å². The molecule has 0 spiro atoms. The van der Waals surface area contributed by atoms with E-state index in [1.54, 1.807) is 9.36 Å². The summed E-state index contributed by atoms with van der Waals surface area (Å²) in [5.41, 5.74) is 1.24. The average Bonchev–Trinajstić information content (AvgIpc) is 3.38. The molecule has 34 heavy (non-hydrogen) atoms. The molecule has 1 N–H and O–H groups in total. The summed E-state index contributed by atoms with van der Waals surface area (Å²) in [6, 6.07) is 8.92. The van der Waals surface area contributed by atoms with Crippen molar-refractivity contribution in [3.63, 3.8) is 0 Å². The molecule has 2 amide bonds. The van der Waals surface area contributed by atoms with Crippen LogP contribution in [0.15, 0.2) is 35.1 Å². The van der Waals surface area contributed by atoms with Crippen molar-refractivity contribution in [2.75, 3.05) is 11.9 Å². The van der Waals surface area contributed by atoms with Gasteiger partial charge in [0, 0.05) is 13.6 Å². The van der Waals surface area contributed by atoms with E-state index in [4.69, 9.17) is 0 Å². The van der Waals surface area contributed by atoms with Gasteiger partial charge in [-0.3, -0.25) is 19.1 Å². The highest BCUT2D eigenvalue weighted by Crippen LogP contribution is 2.60. The van der Waals surface area contributed by atoms with Crippen molar-refractivity contribution < 1.29 is 9.59 Å². The summed E-state index contributed by atoms with van der Waals surface area (Å²) < 4.78 is 3.33. The van der Waals surface area contributed by atoms with Gasteiger partial charge in [-0.2, -0.15) is 0 Å². The first-order valence-electron chi connectivity index (χ1n) is 12.8. The molecule has 2 heterocycles. The molecule has 7 heteroatoms. The highest BCUT2D eigenvalue weighted by molar-refractivity contribution is 5.98. The van der Waals surface area contributed by atoms with Crippen molar-refractivity contribution >= 4 is 17.5 Å². The third kappa shape index (κ3) is 3.27. The SMILES string of the molecule is Cc1c(NC(=O)C2CCCN2C(=O)C23CC4CC(CC(C4)C2)C3)c(=O)n(-c2ccccc2)n1C. The Balaban J connectivity index is 1.24. The van der Waals surface area contributed by atoms with Crippen LogP contribution in [0, 0.1) is 30.1 Å². The Bertz CT molecular complexity index is 1160. The molecular formula is C27H34N4O3. The molecule has 1 saturated heterocycles. The third-order valence-electron chi connectivity index (χ3n) is 9.11. The normalized spacial score (nSPS) is 31.8. The van der Waals surface area contributed by atoms with Gasteiger partial charge < -0.3 is 10.2 Å². The average molecular weight is 463 g/mol. The van der Waals surface area contributed by atoms with E-state index >= 15 is 0 Å². The third-order valence-corrected chi connectivity index (χ3v) is 9.11. The van der Waals surface area contributed by atoms with Crippen LogP contribution in [0.5, 0.6) is 0 Å². The Kier molecular flexibility index (Phi) is 5.01. The number of likely N-dealkylation sites (tertiary alicyclic amines) is 1. The first kappa shape index (κ1) is 21.7. The fourth-order valence-electron chi connectivity index (χ4n) is 7.88. The molecule has 7 nitrogen and oxygen atoms in total. The van der Waals surface area contributed by atoms with Crippen LogP contribution in [0.4, 0.5) is 5.69 Å². The molecule has 1 unspecified atom stereocenters. The number of benzene rings is 1. The number of nitrogens with zero attached hydrogens (tertiary/aromatic N) is 3. The van der Waals surface area contributed by atoms with Gasteiger partial charge in [-0.15, -0.1) is 0 Å². The van der Waals surface area contributed by atoms with Crippen molar-refractivity contribution in [1.82, 2.24) is 14.3 Å². The van der Waals surface area contributed by atoms with E-state index in [1.165, 1.54) is 19.3 Å². The lowest BCUT2D eigenvalue weighted by Gasteiger charge is -2.56. The molecule has 5 aliphatic rings. The second-order valence-electron chi connectivity index (χ2n) is 11.3. The first-order valence-corrected chi connectivity index (χ1v) is 12.8. The van der Waals surface area contributed by atoms with Gasteiger partial charge >= 0.3 is 0 Å². The molecule has 5 fully saturated rings. The Morgan fingerprint density at radius 3 is 2.24 bits per heavy atom. The van der Waals surface area contributed by atoms with Gasteiger partial charge in [0.05, 0.1) is 16.8 Å². The summed E-state index contributed by atoms with van der Waals surface area (Å²) in [6.07, 6.45) is 8.36. The van der Waals surface area contributed by atoms with Gasteiger partial charge in [-0.1, -0.05) is 18.2 Å². The van der Waals surface area contributed by atoms with Gasteiger partial charge in [-0.05, 0) is 88.2 Å². The van der Waals surface area contributed by atoms with E-state index in [-0.39, 0.29) is 22.8 Å². The van der Waals surface area contributed by atoms with Crippen molar-refractivity contribution in [2.24, 2.45) is 30.2 Å². The highest BCUT2D eigenvalue weighted by Gasteiger charge is 2.56. The largest absolute Gasteiger partial charge is 0.330 e. The maximum Gasteiger partial charge on any atom is 0.295 e. The Morgan fingerprint density at radius 1 is 1.00 bits per heavy atom. The molecule has 4 bridgehead atoms. The van der Waals surface area contributed by atoms with E-state index in [0.717, 1.165) is 31.4 Å². The minimum Gasteiger partial charge on any atom is -0.330 e. The fraction of sp³-hybridized carbons (Fsp3) is 0.593. The summed E-state index contributed by atoms with van der Waals surface area (Å²) in [4.78, 5) is 42.5. The standard InChI is InChI=1S/C27H34N4O3/c1-17-23(25(33)31(29(17)2)21-7-4-3-5-8-21)28-24(32)22-9-6-10-30(22)26(34)27-14-18-11-19(15-27)13-20(12-18)16-27/h3-5,7-8,18-20,22H,6,9-16H2,1-2H3,(H,28,32). The molecule has 1 aromatic carbocycles. The van der Waals surface area contributed by atoms with E-state index in [0.29, 0.717) is 42.1 Å². The molecule has 1 atom stereocenters. The predicted octanol–water partition coefficient (Wildman–Crippen LogP) is 3.63. The van der Waals surface area contributed by atoms with Crippen LogP contribution in [-0.2, 0) is 16.6 Å². The minimum atomic E-state index is -0.496. The van der Waals surface area contributed by atoms with Gasteiger partial charge in [0.15, 0.2) is 0 Å². The molecule has 180 valence electrons. The second kappa shape index (κ2) is 7.85. The zero-order valence-corrected chi connectivity index (χ0v) is 20.1. The summed E-state index contributed by atoms with van der Waals surface area (Å²) in [5.74, 6) is 2.04. The van der Waals surface area contributed by atoms with Crippen LogP contribution in [-0.4, -0.2) is 38.7 Å². The van der Waals surface area contributed by atoms with Crippen molar-refractivity contribution in [2.45, 2.75) is 64.3 Å². The predicted molar refractivity (Wildman–Crippen MR) is 130 cm³/mol. The maximum absolute atomic E-state index is 13.9. The number of rotatable bonds is 4. The number of carbonyl (C=O) groups is 2. The lowest BCUT2D eigenvalue weighted by molar-refractivity contribution is -0.160. The van der Waals surface area contributed by atoms with E-state index in [9.17, 15) is 14.4 Å². The number of carbonyl (C=O) groups excluding carboxylic acids is 2. The van der Waals surface area contributed by atoms with Crippen LogP contribution < -0.4 is 10.9 Å². The van der Waals surface area contributed by atoms with Gasteiger partial charge in [0.1, 0.15) is 11.7 Å². The Morgan fingerprint density at radius 2 is 1.62 bits per heavy atom. The lowest BCUT2D eigenvalue weighted by Crippen LogP contribution is -2.56. The van der Waals surface area contributed by atoms with Crippen LogP contribution in [0.2, 0.25) is 0 Å². The molecule has 1 aliphatic heterocycles. The van der Waals surface area contributed by atoms with Crippen molar-refractivity contribution in [1.29, 1.82) is 0 Å². The number of aromatic nitrogens is 2. The Labute approximate surface area is 200 Å². The maximum atomic E-state index is 13.9.